The van der Waals surface area contributed by atoms with Gasteiger partial charge in [0, 0.05) is 18.5 Å². The summed E-state index contributed by atoms with van der Waals surface area (Å²) in [4.78, 5) is 13.3. The molecule has 0 bridgehead atoms. The maximum absolute atomic E-state index is 10.1. The third-order valence-electron chi connectivity index (χ3n) is 2.54. The Balaban J connectivity index is 2.07. The molecule has 0 aliphatic rings. The van der Waals surface area contributed by atoms with Gasteiger partial charge < -0.3 is 10.3 Å². The zero-order valence-electron chi connectivity index (χ0n) is 9.40. The van der Waals surface area contributed by atoms with Gasteiger partial charge in [-0.3, -0.25) is 4.79 Å². The van der Waals surface area contributed by atoms with Crippen LogP contribution >= 0.6 is 0 Å². The third-order valence-corrected chi connectivity index (χ3v) is 2.54. The molecule has 1 unspecified atom stereocenters. The Morgan fingerprint density at radius 2 is 2.44 bits per heavy atom. The lowest BCUT2D eigenvalue weighted by molar-refractivity contribution is -0.109. The molecule has 2 heterocycles. The minimum Gasteiger partial charge on any atom is -0.359 e. The van der Waals surface area contributed by atoms with E-state index in [-0.39, 0.29) is 5.92 Å². The third kappa shape index (κ3) is 2.05. The van der Waals surface area contributed by atoms with Crippen molar-refractivity contribution in [2.45, 2.75) is 26.2 Å². The summed E-state index contributed by atoms with van der Waals surface area (Å²) >= 11 is 0. The second-order valence-corrected chi connectivity index (χ2v) is 3.93. The fourth-order valence-electron chi connectivity index (χ4n) is 1.63. The summed E-state index contributed by atoms with van der Waals surface area (Å²) in [6.07, 6.45) is 1.57. The van der Waals surface area contributed by atoms with Gasteiger partial charge in [-0.15, -0.1) is 9.73 Å². The van der Waals surface area contributed by atoms with Crippen LogP contribution in [0.1, 0.15) is 30.8 Å². The number of aromatic amines is 1. The molecular formula is C10H15N5O. The van der Waals surface area contributed by atoms with Crippen molar-refractivity contribution in [1.29, 1.82) is 0 Å². The largest absolute Gasteiger partial charge is 0.359 e. The molecule has 0 aliphatic heterocycles. The van der Waals surface area contributed by atoms with Crippen LogP contribution in [-0.4, -0.2) is 32.8 Å². The zero-order chi connectivity index (χ0) is 11.5. The maximum Gasteiger partial charge on any atom is 0.207 e. The summed E-state index contributed by atoms with van der Waals surface area (Å²) in [7, 11) is 0. The minimum atomic E-state index is 0.273. The van der Waals surface area contributed by atoms with Crippen LogP contribution in [0.3, 0.4) is 0 Å². The van der Waals surface area contributed by atoms with Crippen molar-refractivity contribution in [1.82, 2.24) is 25.1 Å². The van der Waals surface area contributed by atoms with Crippen molar-refractivity contribution in [2.24, 2.45) is 0 Å². The van der Waals surface area contributed by atoms with E-state index >= 15 is 0 Å². The summed E-state index contributed by atoms with van der Waals surface area (Å²) in [6, 6.07) is 1.95. The Bertz CT molecular complexity index is 455. The second kappa shape index (κ2) is 4.34. The van der Waals surface area contributed by atoms with Gasteiger partial charge in [-0.2, -0.15) is 5.10 Å². The van der Waals surface area contributed by atoms with Crippen LogP contribution < -0.4 is 5.32 Å². The van der Waals surface area contributed by atoms with Crippen molar-refractivity contribution in [3.05, 3.63) is 17.6 Å². The molecule has 0 fully saturated rings. The molecule has 2 N–H and O–H groups in total. The lowest BCUT2D eigenvalue weighted by atomic mass is 10.1. The maximum atomic E-state index is 10.1. The van der Waals surface area contributed by atoms with E-state index in [0.717, 1.165) is 23.6 Å². The van der Waals surface area contributed by atoms with Gasteiger partial charge >= 0.3 is 0 Å². The molecular weight excluding hydrogens is 206 g/mol. The molecule has 86 valence electrons. The van der Waals surface area contributed by atoms with Gasteiger partial charge in [0.1, 0.15) is 5.82 Å². The van der Waals surface area contributed by atoms with Crippen LogP contribution in [0.2, 0.25) is 0 Å². The number of rotatable bonds is 5. The Morgan fingerprint density at radius 3 is 3.12 bits per heavy atom. The highest BCUT2D eigenvalue weighted by molar-refractivity contribution is 5.45. The number of nitrogens with one attached hydrogen (secondary N) is 2. The molecule has 6 heteroatoms. The molecule has 2 aromatic rings. The molecule has 16 heavy (non-hydrogen) atoms. The number of aromatic nitrogens is 4. The molecule has 0 saturated carbocycles. The highest BCUT2D eigenvalue weighted by Crippen LogP contribution is 2.15. The van der Waals surface area contributed by atoms with E-state index in [2.05, 4.69) is 27.4 Å². The number of aryl methyl sites for hydroxylation is 1. The first-order chi connectivity index (χ1) is 7.70. The van der Waals surface area contributed by atoms with Crippen LogP contribution in [0.5, 0.6) is 0 Å². The number of H-pyrrole nitrogens is 1. The summed E-state index contributed by atoms with van der Waals surface area (Å²) in [6.45, 7) is 4.66. The summed E-state index contributed by atoms with van der Waals surface area (Å²) in [5, 5.41) is 11.2. The van der Waals surface area contributed by atoms with Gasteiger partial charge in [0.25, 0.3) is 0 Å². The summed E-state index contributed by atoms with van der Waals surface area (Å²) in [5.41, 5.74) is 1.85. The van der Waals surface area contributed by atoms with Gasteiger partial charge in [-0.25, -0.2) is 0 Å². The van der Waals surface area contributed by atoms with E-state index in [4.69, 9.17) is 0 Å². The summed E-state index contributed by atoms with van der Waals surface area (Å²) < 4.78 is 1.61. The van der Waals surface area contributed by atoms with E-state index in [0.29, 0.717) is 13.0 Å². The Hall–Kier alpha value is -1.85. The molecule has 6 nitrogen and oxygen atoms in total. The van der Waals surface area contributed by atoms with E-state index < -0.39 is 0 Å². The van der Waals surface area contributed by atoms with Crippen LogP contribution in [0.4, 0.5) is 0 Å². The number of fused-ring (bicyclic) bond motifs is 1. The highest BCUT2D eigenvalue weighted by Gasteiger charge is 2.11. The van der Waals surface area contributed by atoms with E-state index in [1.54, 1.807) is 4.63 Å². The number of hydrogen-bond acceptors (Lipinski definition) is 3. The number of hydrogen-bond donors (Lipinski definition) is 2. The molecule has 1 amide bonds. The van der Waals surface area contributed by atoms with Crippen LogP contribution in [0.15, 0.2) is 6.07 Å². The van der Waals surface area contributed by atoms with E-state index in [1.165, 1.54) is 0 Å². The molecule has 1 atom stereocenters. The molecule has 2 aromatic heterocycles. The second-order valence-electron chi connectivity index (χ2n) is 3.93. The Labute approximate surface area is 93.0 Å². The average Bonchev–Trinajstić information content (AvgIpc) is 2.74. The lowest BCUT2D eigenvalue weighted by Gasteiger charge is -2.06. The number of carbonyl (C=O) groups excluding carboxylic acids is 1. The molecule has 0 saturated heterocycles. The average molecular weight is 221 g/mol. The topological polar surface area (TPSA) is 75.1 Å². The van der Waals surface area contributed by atoms with Gasteiger partial charge in [-0.1, -0.05) is 6.92 Å². The first kappa shape index (κ1) is 10.7. The smallest absolute Gasteiger partial charge is 0.207 e. The van der Waals surface area contributed by atoms with Crippen LogP contribution in [0, 0.1) is 6.92 Å². The number of carbonyl (C=O) groups is 1. The molecule has 0 spiro atoms. The zero-order valence-corrected chi connectivity index (χ0v) is 9.40. The van der Waals surface area contributed by atoms with Gasteiger partial charge in [0.15, 0.2) is 5.65 Å². The molecule has 2 rings (SSSR count). The van der Waals surface area contributed by atoms with E-state index in [1.807, 2.05) is 13.0 Å². The van der Waals surface area contributed by atoms with Crippen molar-refractivity contribution in [3.8, 4) is 0 Å². The molecule has 0 aromatic carbocycles. The lowest BCUT2D eigenvalue weighted by Crippen LogP contribution is -2.14. The van der Waals surface area contributed by atoms with Crippen molar-refractivity contribution >= 4 is 12.1 Å². The first-order valence-corrected chi connectivity index (χ1v) is 5.30. The predicted octanol–water partition coefficient (Wildman–Crippen LogP) is 0.605. The summed E-state index contributed by atoms with van der Waals surface area (Å²) in [5.74, 6) is 1.17. The first-order valence-electron chi connectivity index (χ1n) is 5.30. The van der Waals surface area contributed by atoms with Crippen LogP contribution in [0.25, 0.3) is 5.65 Å². The Kier molecular flexibility index (Phi) is 2.89. The van der Waals surface area contributed by atoms with Gasteiger partial charge in [0.2, 0.25) is 6.41 Å². The molecule has 0 aliphatic carbocycles. The monoisotopic (exact) mass is 221 g/mol. The van der Waals surface area contributed by atoms with Gasteiger partial charge in [0.05, 0.1) is 5.69 Å². The normalized spacial score (nSPS) is 12.9. The number of nitrogens with zero attached hydrogens (tertiary/aromatic N) is 3. The minimum absolute atomic E-state index is 0.273. The van der Waals surface area contributed by atoms with Crippen molar-refractivity contribution in [3.63, 3.8) is 0 Å². The number of amides is 1. The fourth-order valence-corrected chi connectivity index (χ4v) is 1.63. The SMILES string of the molecule is Cc1cc2[nH]c(C(C)CCNC=O)nn2n1. The van der Waals surface area contributed by atoms with Gasteiger partial charge in [-0.05, 0) is 13.3 Å². The highest BCUT2D eigenvalue weighted by atomic mass is 16.1. The quantitative estimate of drug-likeness (QED) is 0.573. The standard InChI is InChI=1S/C10H15N5O/c1-7(3-4-11-6-16)10-12-9-5-8(2)13-15(9)14-10/h5-7H,3-4H2,1-2H3,(H,11,16)(H,12,14). The fraction of sp³-hybridized carbons (Fsp3) is 0.500. The van der Waals surface area contributed by atoms with Crippen LogP contribution in [-0.2, 0) is 4.79 Å². The van der Waals surface area contributed by atoms with Crippen molar-refractivity contribution < 1.29 is 4.79 Å². The Morgan fingerprint density at radius 1 is 1.62 bits per heavy atom. The van der Waals surface area contributed by atoms with Crippen molar-refractivity contribution in [2.75, 3.05) is 6.54 Å². The van der Waals surface area contributed by atoms with E-state index in [9.17, 15) is 4.79 Å². The molecule has 0 radical (unpaired) electrons. The predicted molar refractivity (Wildman–Crippen MR) is 59.2 cm³/mol.